The number of amidine groups is 1. The Morgan fingerprint density at radius 2 is 1.85 bits per heavy atom. The topological polar surface area (TPSA) is 53.1 Å². The second-order valence-corrected chi connectivity index (χ2v) is 3.67. The summed E-state index contributed by atoms with van der Waals surface area (Å²) < 4.78 is 0. The fourth-order valence-corrected chi connectivity index (χ4v) is 1.73. The molecule has 0 amide bonds. The maximum absolute atomic E-state index is 7.24. The van der Waals surface area contributed by atoms with E-state index in [-0.39, 0.29) is 5.84 Å². The number of nitrogens with one attached hydrogen (secondary N) is 1. The van der Waals surface area contributed by atoms with Gasteiger partial charge in [-0.25, -0.2) is 0 Å². The minimum atomic E-state index is 0.286. The van der Waals surface area contributed by atoms with Crippen LogP contribution in [0.3, 0.4) is 0 Å². The first-order valence-electron chi connectivity index (χ1n) is 5.11. The van der Waals surface area contributed by atoms with Crippen LogP contribution in [0.4, 0.5) is 0 Å². The Kier molecular flexibility index (Phi) is 5.71. The number of nitrogens with zero attached hydrogens (tertiary/aromatic N) is 1. The summed E-state index contributed by atoms with van der Waals surface area (Å²) in [6.45, 7) is 9.73. The molecule has 0 aromatic rings. The van der Waals surface area contributed by atoms with Crippen molar-refractivity contribution in [2.75, 3.05) is 6.54 Å². The lowest BCUT2D eigenvalue weighted by molar-refractivity contribution is 0.162. The maximum Gasteiger partial charge on any atom is 0.0920 e. The molecule has 0 radical (unpaired) electrons. The molecule has 0 aromatic heterocycles. The Balaban J connectivity index is 4.13. The summed E-state index contributed by atoms with van der Waals surface area (Å²) in [5.41, 5.74) is 5.38. The van der Waals surface area contributed by atoms with Gasteiger partial charge in [-0.1, -0.05) is 13.8 Å². The third-order valence-corrected chi connectivity index (χ3v) is 2.60. The highest BCUT2D eigenvalue weighted by Gasteiger charge is 2.17. The van der Waals surface area contributed by atoms with Gasteiger partial charge in [-0.15, -0.1) is 0 Å². The van der Waals surface area contributed by atoms with Crippen molar-refractivity contribution in [1.29, 1.82) is 5.41 Å². The molecule has 13 heavy (non-hydrogen) atoms. The van der Waals surface area contributed by atoms with E-state index in [0.29, 0.717) is 18.5 Å². The SMILES string of the molecule is CCC(C)N(CC)C(C)CC(=N)N. The van der Waals surface area contributed by atoms with Gasteiger partial charge in [0.2, 0.25) is 0 Å². The lowest BCUT2D eigenvalue weighted by atomic mass is 10.1. The summed E-state index contributed by atoms with van der Waals surface area (Å²) in [5, 5.41) is 7.24. The molecular formula is C10H23N3. The molecule has 0 rings (SSSR count). The molecule has 3 N–H and O–H groups in total. The molecule has 3 nitrogen and oxygen atoms in total. The van der Waals surface area contributed by atoms with Crippen LogP contribution in [-0.4, -0.2) is 29.4 Å². The normalized spacial score (nSPS) is 15.8. The zero-order chi connectivity index (χ0) is 10.4. The summed E-state index contributed by atoms with van der Waals surface area (Å²) in [7, 11) is 0. The quantitative estimate of drug-likeness (QED) is 0.490. The third kappa shape index (κ3) is 4.27. The Hall–Kier alpha value is -0.570. The largest absolute Gasteiger partial charge is 0.388 e. The first kappa shape index (κ1) is 12.4. The van der Waals surface area contributed by atoms with Crippen molar-refractivity contribution in [2.24, 2.45) is 5.73 Å². The lowest BCUT2D eigenvalue weighted by Crippen LogP contribution is -2.41. The van der Waals surface area contributed by atoms with Crippen LogP contribution >= 0.6 is 0 Å². The van der Waals surface area contributed by atoms with Crippen molar-refractivity contribution >= 4 is 5.84 Å². The van der Waals surface area contributed by atoms with Crippen LogP contribution in [0.5, 0.6) is 0 Å². The van der Waals surface area contributed by atoms with E-state index in [1.165, 1.54) is 0 Å². The number of nitrogens with two attached hydrogens (primary N) is 1. The van der Waals surface area contributed by atoms with Gasteiger partial charge in [-0.05, 0) is 26.8 Å². The first-order chi connectivity index (χ1) is 6.02. The van der Waals surface area contributed by atoms with Crippen LogP contribution in [0, 0.1) is 5.41 Å². The third-order valence-electron chi connectivity index (χ3n) is 2.60. The number of hydrogen-bond acceptors (Lipinski definition) is 2. The Morgan fingerprint density at radius 3 is 2.15 bits per heavy atom. The second kappa shape index (κ2) is 5.97. The van der Waals surface area contributed by atoms with E-state index in [0.717, 1.165) is 13.0 Å². The fraction of sp³-hybridized carbons (Fsp3) is 0.900. The molecule has 0 aromatic carbocycles. The van der Waals surface area contributed by atoms with Crippen molar-refractivity contribution in [3.63, 3.8) is 0 Å². The molecule has 0 saturated carbocycles. The van der Waals surface area contributed by atoms with Gasteiger partial charge < -0.3 is 5.73 Å². The van der Waals surface area contributed by atoms with Crippen molar-refractivity contribution < 1.29 is 0 Å². The van der Waals surface area contributed by atoms with E-state index in [2.05, 4.69) is 32.6 Å². The zero-order valence-corrected chi connectivity index (χ0v) is 9.30. The Bertz CT molecular complexity index is 156. The second-order valence-electron chi connectivity index (χ2n) is 3.67. The van der Waals surface area contributed by atoms with Gasteiger partial charge in [-0.2, -0.15) is 0 Å². The van der Waals surface area contributed by atoms with Crippen molar-refractivity contribution in [3.8, 4) is 0 Å². The molecule has 3 heteroatoms. The van der Waals surface area contributed by atoms with E-state index in [1.807, 2.05) is 0 Å². The highest BCUT2D eigenvalue weighted by molar-refractivity contribution is 5.77. The van der Waals surface area contributed by atoms with Crippen LogP contribution in [0.15, 0.2) is 0 Å². The molecule has 2 atom stereocenters. The fourth-order valence-electron chi connectivity index (χ4n) is 1.73. The highest BCUT2D eigenvalue weighted by Crippen LogP contribution is 2.10. The predicted octanol–water partition coefficient (Wildman–Crippen LogP) is 1.82. The van der Waals surface area contributed by atoms with Crippen LogP contribution in [0.25, 0.3) is 0 Å². The summed E-state index contributed by atoms with van der Waals surface area (Å²) in [4.78, 5) is 2.39. The van der Waals surface area contributed by atoms with Crippen LogP contribution in [-0.2, 0) is 0 Å². The van der Waals surface area contributed by atoms with Crippen molar-refractivity contribution in [2.45, 2.75) is 52.6 Å². The number of hydrogen-bond donors (Lipinski definition) is 2. The standard InChI is InChI=1S/C10H23N3/c1-5-8(3)13(6-2)9(4)7-10(11)12/h8-9H,5-7H2,1-4H3,(H3,11,12). The van der Waals surface area contributed by atoms with Gasteiger partial charge in [0.25, 0.3) is 0 Å². The first-order valence-corrected chi connectivity index (χ1v) is 5.11. The molecule has 78 valence electrons. The average Bonchev–Trinajstić information content (AvgIpc) is 2.03. The van der Waals surface area contributed by atoms with Crippen LogP contribution in [0.1, 0.15) is 40.5 Å². The van der Waals surface area contributed by atoms with Crippen molar-refractivity contribution in [3.05, 3.63) is 0 Å². The monoisotopic (exact) mass is 185 g/mol. The predicted molar refractivity (Wildman–Crippen MR) is 58.1 cm³/mol. The molecule has 2 unspecified atom stereocenters. The molecular weight excluding hydrogens is 162 g/mol. The summed E-state index contributed by atoms with van der Waals surface area (Å²) >= 11 is 0. The molecule has 0 heterocycles. The maximum atomic E-state index is 7.24. The van der Waals surface area contributed by atoms with Crippen molar-refractivity contribution in [1.82, 2.24) is 4.90 Å². The van der Waals surface area contributed by atoms with E-state index >= 15 is 0 Å². The molecule has 0 spiro atoms. The van der Waals surface area contributed by atoms with Gasteiger partial charge in [0, 0.05) is 18.5 Å². The average molecular weight is 185 g/mol. The van der Waals surface area contributed by atoms with Gasteiger partial charge in [-0.3, -0.25) is 10.3 Å². The summed E-state index contributed by atoms with van der Waals surface area (Å²) in [6.07, 6.45) is 1.83. The van der Waals surface area contributed by atoms with Gasteiger partial charge in [0.1, 0.15) is 0 Å². The smallest absolute Gasteiger partial charge is 0.0920 e. The number of rotatable bonds is 6. The molecule has 0 fully saturated rings. The van der Waals surface area contributed by atoms with E-state index in [9.17, 15) is 0 Å². The lowest BCUT2D eigenvalue weighted by Gasteiger charge is -2.32. The van der Waals surface area contributed by atoms with Gasteiger partial charge >= 0.3 is 0 Å². The summed E-state index contributed by atoms with van der Waals surface area (Å²) in [6, 6.07) is 0.969. The van der Waals surface area contributed by atoms with E-state index < -0.39 is 0 Å². The summed E-state index contributed by atoms with van der Waals surface area (Å²) in [5.74, 6) is 0.286. The molecule has 0 saturated heterocycles. The van der Waals surface area contributed by atoms with Crippen LogP contribution < -0.4 is 5.73 Å². The highest BCUT2D eigenvalue weighted by atomic mass is 15.2. The molecule has 0 bridgehead atoms. The van der Waals surface area contributed by atoms with Gasteiger partial charge in [0.15, 0.2) is 0 Å². The van der Waals surface area contributed by atoms with Crippen LogP contribution in [0.2, 0.25) is 0 Å². The minimum absolute atomic E-state index is 0.286. The zero-order valence-electron chi connectivity index (χ0n) is 9.30. The molecule has 0 aliphatic heterocycles. The molecule has 0 aliphatic rings. The Morgan fingerprint density at radius 1 is 1.31 bits per heavy atom. The van der Waals surface area contributed by atoms with E-state index in [1.54, 1.807) is 0 Å². The minimum Gasteiger partial charge on any atom is -0.388 e. The Labute approximate surface area is 81.8 Å². The van der Waals surface area contributed by atoms with E-state index in [4.69, 9.17) is 11.1 Å². The molecule has 0 aliphatic carbocycles. The van der Waals surface area contributed by atoms with Gasteiger partial charge in [0.05, 0.1) is 5.84 Å².